The first-order valence-electron chi connectivity index (χ1n) is 9.72. The summed E-state index contributed by atoms with van der Waals surface area (Å²) in [5.74, 6) is 6.00. The first-order valence-corrected chi connectivity index (χ1v) is 9.72. The Kier molecular flexibility index (Phi) is 3.64. The van der Waals surface area contributed by atoms with Crippen molar-refractivity contribution in [2.75, 3.05) is 0 Å². The molecule has 0 aromatic carbocycles. The van der Waals surface area contributed by atoms with Crippen molar-refractivity contribution in [2.24, 2.45) is 40.4 Å². The first-order chi connectivity index (χ1) is 10.9. The molecule has 0 aromatic heterocycles. The van der Waals surface area contributed by atoms with Crippen molar-refractivity contribution < 1.29 is 10.2 Å². The van der Waals surface area contributed by atoms with Gasteiger partial charge in [-0.25, -0.2) is 0 Å². The zero-order valence-corrected chi connectivity index (χ0v) is 14.7. The highest BCUT2D eigenvalue weighted by Gasteiger charge is 2.61. The molecule has 0 radical (unpaired) electrons. The normalized spacial score (nSPS) is 58.7. The smallest absolute Gasteiger partial charge is 0.0596 e. The van der Waals surface area contributed by atoms with Gasteiger partial charge in [-0.15, -0.1) is 12.3 Å². The Morgan fingerprint density at radius 2 is 1.57 bits per heavy atom. The van der Waals surface area contributed by atoms with Gasteiger partial charge >= 0.3 is 0 Å². The maximum atomic E-state index is 10.6. The lowest BCUT2D eigenvalue weighted by atomic mass is 9.43. The molecular weight excluding hydrogens is 284 g/mol. The molecule has 4 aliphatic carbocycles. The highest BCUT2D eigenvalue weighted by atomic mass is 16.3. The van der Waals surface area contributed by atoms with Crippen LogP contribution in [0.3, 0.4) is 0 Å². The quantitative estimate of drug-likeness (QED) is 0.670. The molecule has 0 heterocycles. The fourth-order valence-electron chi connectivity index (χ4n) is 7.48. The van der Waals surface area contributed by atoms with Gasteiger partial charge in [0.1, 0.15) is 0 Å². The Labute approximate surface area is 141 Å². The van der Waals surface area contributed by atoms with E-state index in [-0.39, 0.29) is 17.6 Å². The number of fused-ring (bicyclic) bond motifs is 5. The van der Waals surface area contributed by atoms with E-state index < -0.39 is 0 Å². The number of aliphatic hydroxyl groups excluding tert-OH is 2. The van der Waals surface area contributed by atoms with Crippen molar-refractivity contribution in [3.63, 3.8) is 0 Å². The van der Waals surface area contributed by atoms with E-state index in [1.807, 2.05) is 0 Å². The van der Waals surface area contributed by atoms with Crippen molar-refractivity contribution in [1.82, 2.24) is 0 Å². The van der Waals surface area contributed by atoms with Gasteiger partial charge in [0.15, 0.2) is 0 Å². The molecule has 0 saturated heterocycles. The Morgan fingerprint density at radius 1 is 0.870 bits per heavy atom. The minimum absolute atomic E-state index is 0.114. The number of hydrogen-bond donors (Lipinski definition) is 2. The van der Waals surface area contributed by atoms with Crippen molar-refractivity contribution in [3.8, 4) is 12.3 Å². The van der Waals surface area contributed by atoms with Gasteiger partial charge in [0.05, 0.1) is 12.2 Å². The first kappa shape index (κ1) is 16.0. The fraction of sp³-hybridized carbons (Fsp3) is 0.905. The van der Waals surface area contributed by atoms with Crippen LogP contribution in [0.4, 0.5) is 0 Å². The van der Waals surface area contributed by atoms with E-state index in [9.17, 15) is 10.2 Å². The summed E-state index contributed by atoms with van der Waals surface area (Å²) in [6, 6.07) is 0. The molecule has 4 saturated carbocycles. The van der Waals surface area contributed by atoms with Crippen LogP contribution in [-0.4, -0.2) is 22.4 Å². The van der Waals surface area contributed by atoms with Gasteiger partial charge in [-0.1, -0.05) is 13.8 Å². The average Bonchev–Trinajstić information content (AvgIpc) is 2.83. The Morgan fingerprint density at radius 3 is 2.30 bits per heavy atom. The molecule has 4 rings (SSSR count). The molecule has 0 unspecified atom stereocenters. The van der Waals surface area contributed by atoms with Gasteiger partial charge in [-0.2, -0.15) is 0 Å². The monoisotopic (exact) mass is 316 g/mol. The van der Waals surface area contributed by atoms with Crippen LogP contribution < -0.4 is 0 Å². The molecule has 23 heavy (non-hydrogen) atoms. The van der Waals surface area contributed by atoms with Crippen LogP contribution in [0.25, 0.3) is 0 Å². The lowest BCUT2D eigenvalue weighted by Gasteiger charge is -2.62. The number of hydrogen-bond acceptors (Lipinski definition) is 2. The van der Waals surface area contributed by atoms with E-state index in [4.69, 9.17) is 6.42 Å². The zero-order chi connectivity index (χ0) is 16.4. The predicted octanol–water partition coefficient (Wildman–Crippen LogP) is 3.61. The van der Waals surface area contributed by atoms with Crippen LogP contribution in [0, 0.1) is 52.8 Å². The van der Waals surface area contributed by atoms with E-state index in [1.165, 1.54) is 19.3 Å². The van der Waals surface area contributed by atoms with Crippen LogP contribution >= 0.6 is 0 Å². The van der Waals surface area contributed by atoms with E-state index in [0.29, 0.717) is 29.1 Å². The molecule has 2 nitrogen and oxygen atoms in total. The van der Waals surface area contributed by atoms with Crippen LogP contribution in [0.5, 0.6) is 0 Å². The second-order valence-electron chi connectivity index (χ2n) is 9.56. The lowest BCUT2D eigenvalue weighted by Crippen LogP contribution is -2.56. The largest absolute Gasteiger partial charge is 0.393 e. The molecule has 0 aromatic rings. The van der Waals surface area contributed by atoms with Gasteiger partial charge in [0, 0.05) is 5.92 Å². The van der Waals surface area contributed by atoms with Crippen LogP contribution in [-0.2, 0) is 0 Å². The molecular formula is C21H32O2. The highest BCUT2D eigenvalue weighted by Crippen LogP contribution is 2.67. The van der Waals surface area contributed by atoms with Crippen molar-refractivity contribution in [3.05, 3.63) is 0 Å². The minimum atomic E-state index is -0.150. The van der Waals surface area contributed by atoms with Gasteiger partial charge in [0.25, 0.3) is 0 Å². The number of aliphatic hydroxyl groups is 2. The van der Waals surface area contributed by atoms with Crippen molar-refractivity contribution in [2.45, 2.75) is 77.4 Å². The molecule has 2 heteroatoms. The molecule has 128 valence electrons. The summed E-state index contributed by atoms with van der Waals surface area (Å²) in [4.78, 5) is 0. The maximum Gasteiger partial charge on any atom is 0.0596 e. The van der Waals surface area contributed by atoms with E-state index in [1.54, 1.807) is 0 Å². The lowest BCUT2D eigenvalue weighted by molar-refractivity contribution is -0.146. The third-order valence-corrected chi connectivity index (χ3v) is 8.85. The number of rotatable bonds is 0. The SMILES string of the molecule is C#C[C@@H]1C[C@@H]2[C@H](CC[C@]3(C)[C@@H](O)CC[C@@H]23)[C@@]2(C)CC[C@H](O)C[C@H]12. The van der Waals surface area contributed by atoms with Crippen LogP contribution in [0.1, 0.15) is 65.2 Å². The van der Waals surface area contributed by atoms with Crippen molar-refractivity contribution >= 4 is 0 Å². The third kappa shape index (κ3) is 2.09. The Bertz CT molecular complexity index is 522. The standard InChI is InChI=1S/C21H32O2/c1-4-13-11-15-16-5-6-19(23)21(16,3)10-8-17(15)20(2)9-7-14(22)12-18(13)20/h1,13-19,22-23H,5-12H2,2-3H3/t13-,14+,15+,16+,17+,18-,19+,20-,21+/m1/s1. The zero-order valence-electron chi connectivity index (χ0n) is 14.7. The molecule has 0 aliphatic heterocycles. The maximum absolute atomic E-state index is 10.6. The summed E-state index contributed by atoms with van der Waals surface area (Å²) in [5.41, 5.74) is 0.422. The third-order valence-electron chi connectivity index (χ3n) is 8.85. The van der Waals surface area contributed by atoms with Gasteiger partial charge in [0.2, 0.25) is 0 Å². The molecule has 0 spiro atoms. The summed E-state index contributed by atoms with van der Waals surface area (Å²) < 4.78 is 0. The van der Waals surface area contributed by atoms with Crippen LogP contribution in [0.2, 0.25) is 0 Å². The molecule has 0 bridgehead atoms. The highest BCUT2D eigenvalue weighted by molar-refractivity contribution is 5.15. The van der Waals surface area contributed by atoms with Gasteiger partial charge in [-0.05, 0) is 85.9 Å². The van der Waals surface area contributed by atoms with E-state index in [2.05, 4.69) is 19.8 Å². The summed E-state index contributed by atoms with van der Waals surface area (Å²) >= 11 is 0. The Balaban J connectivity index is 1.70. The number of terminal acetylenes is 1. The predicted molar refractivity (Wildman–Crippen MR) is 91.4 cm³/mol. The second-order valence-corrected chi connectivity index (χ2v) is 9.56. The molecule has 0 amide bonds. The van der Waals surface area contributed by atoms with Gasteiger partial charge < -0.3 is 10.2 Å². The average molecular weight is 316 g/mol. The molecule has 2 N–H and O–H groups in total. The molecule has 9 atom stereocenters. The van der Waals surface area contributed by atoms with Crippen LogP contribution in [0.15, 0.2) is 0 Å². The van der Waals surface area contributed by atoms with Gasteiger partial charge in [-0.3, -0.25) is 0 Å². The summed E-state index contributed by atoms with van der Waals surface area (Å²) in [5, 5.41) is 20.8. The summed E-state index contributed by atoms with van der Waals surface area (Å²) in [7, 11) is 0. The fourth-order valence-corrected chi connectivity index (χ4v) is 7.48. The Hall–Kier alpha value is -0.520. The summed E-state index contributed by atoms with van der Waals surface area (Å²) in [6.45, 7) is 4.80. The topological polar surface area (TPSA) is 40.5 Å². The molecule has 4 aliphatic rings. The van der Waals surface area contributed by atoms with E-state index in [0.717, 1.165) is 38.0 Å². The molecule has 4 fully saturated rings. The van der Waals surface area contributed by atoms with E-state index >= 15 is 0 Å². The van der Waals surface area contributed by atoms with Crippen molar-refractivity contribution in [1.29, 1.82) is 0 Å². The second kappa shape index (κ2) is 5.24. The minimum Gasteiger partial charge on any atom is -0.393 e. The summed E-state index contributed by atoms with van der Waals surface area (Å²) in [6.07, 6.45) is 14.4.